The van der Waals surface area contributed by atoms with Crippen LogP contribution in [0.5, 0.6) is 5.88 Å². The zero-order chi connectivity index (χ0) is 14.8. The number of aromatic nitrogens is 3. The van der Waals surface area contributed by atoms with Crippen LogP contribution in [0.4, 0.5) is 0 Å². The summed E-state index contributed by atoms with van der Waals surface area (Å²) in [6, 6.07) is 5.60. The number of nitrogens with one attached hydrogen (secondary N) is 2. The molecule has 21 heavy (non-hydrogen) atoms. The second-order valence-corrected chi connectivity index (χ2v) is 5.05. The molecule has 2 N–H and O–H groups in total. The van der Waals surface area contributed by atoms with Crippen LogP contribution in [0.15, 0.2) is 29.2 Å². The fraction of sp³-hybridized carbons (Fsp3) is 0.357. The Morgan fingerprint density at radius 3 is 3.05 bits per heavy atom. The molecule has 1 fully saturated rings. The van der Waals surface area contributed by atoms with Crippen molar-refractivity contribution in [3.63, 3.8) is 0 Å². The molecule has 1 aliphatic heterocycles. The van der Waals surface area contributed by atoms with Crippen molar-refractivity contribution in [2.24, 2.45) is 0 Å². The fourth-order valence-corrected chi connectivity index (χ4v) is 2.38. The first-order chi connectivity index (χ1) is 10.1. The summed E-state index contributed by atoms with van der Waals surface area (Å²) in [5.74, 6) is 0.376. The smallest absolute Gasteiger partial charge is 0.323 e. The first-order valence-electron chi connectivity index (χ1n) is 6.79. The average molecular weight is 288 g/mol. The van der Waals surface area contributed by atoms with E-state index in [0.717, 1.165) is 12.1 Å². The minimum absolute atomic E-state index is 0.0751. The maximum atomic E-state index is 12.2. The maximum absolute atomic E-state index is 12.2. The van der Waals surface area contributed by atoms with E-state index in [-0.39, 0.29) is 23.4 Å². The number of H-pyrrole nitrogens is 2. The highest BCUT2D eigenvalue weighted by atomic mass is 16.5. The van der Waals surface area contributed by atoms with Crippen LogP contribution in [0.1, 0.15) is 22.6 Å². The molecule has 1 unspecified atom stereocenters. The second-order valence-electron chi connectivity index (χ2n) is 5.05. The molecule has 3 rings (SSSR count). The molecule has 1 aliphatic rings. The third-order valence-electron chi connectivity index (χ3n) is 3.41. The Morgan fingerprint density at radius 2 is 2.33 bits per heavy atom. The van der Waals surface area contributed by atoms with Crippen molar-refractivity contribution < 1.29 is 9.53 Å². The van der Waals surface area contributed by atoms with Crippen LogP contribution in [0.2, 0.25) is 0 Å². The summed E-state index contributed by atoms with van der Waals surface area (Å²) in [6.07, 6.45) is 2.06. The van der Waals surface area contributed by atoms with Gasteiger partial charge < -0.3 is 19.6 Å². The van der Waals surface area contributed by atoms with Crippen molar-refractivity contribution >= 4 is 5.91 Å². The van der Waals surface area contributed by atoms with E-state index < -0.39 is 0 Å². The van der Waals surface area contributed by atoms with Gasteiger partial charge in [-0.05, 0) is 13.0 Å². The highest BCUT2D eigenvalue weighted by Gasteiger charge is 2.29. The van der Waals surface area contributed by atoms with Crippen LogP contribution in [-0.4, -0.2) is 45.0 Å². The lowest BCUT2D eigenvalue weighted by molar-refractivity contribution is 0.0766. The van der Waals surface area contributed by atoms with Crippen molar-refractivity contribution in [2.75, 3.05) is 13.1 Å². The average Bonchev–Trinajstić information content (AvgIpc) is 3.07. The summed E-state index contributed by atoms with van der Waals surface area (Å²) in [7, 11) is 0. The highest BCUT2D eigenvalue weighted by Crippen LogP contribution is 2.18. The Balaban J connectivity index is 1.63. The minimum Gasteiger partial charge on any atom is -0.472 e. The van der Waals surface area contributed by atoms with Crippen molar-refractivity contribution in [3.05, 3.63) is 46.3 Å². The number of nitrogens with zero attached hydrogens (tertiary/aromatic N) is 2. The molecule has 110 valence electrons. The number of rotatable bonds is 3. The Kier molecular flexibility index (Phi) is 3.47. The molecule has 0 radical (unpaired) electrons. The lowest BCUT2D eigenvalue weighted by Gasteiger charge is -2.16. The third-order valence-corrected chi connectivity index (χ3v) is 3.41. The van der Waals surface area contributed by atoms with Crippen LogP contribution < -0.4 is 10.4 Å². The minimum atomic E-state index is -0.380. The monoisotopic (exact) mass is 288 g/mol. The number of likely N-dealkylation sites (tertiary alicyclic amines) is 1. The quantitative estimate of drug-likeness (QED) is 0.869. The number of hydrogen-bond donors (Lipinski definition) is 2. The van der Waals surface area contributed by atoms with Crippen molar-refractivity contribution in [2.45, 2.75) is 19.4 Å². The second kappa shape index (κ2) is 5.43. The Morgan fingerprint density at radius 1 is 1.48 bits per heavy atom. The normalized spacial score (nSPS) is 18.0. The molecule has 2 aromatic rings. The Labute approximate surface area is 121 Å². The molecule has 7 heteroatoms. The van der Waals surface area contributed by atoms with Gasteiger partial charge in [0.25, 0.3) is 5.91 Å². The van der Waals surface area contributed by atoms with Crippen LogP contribution >= 0.6 is 0 Å². The van der Waals surface area contributed by atoms with Gasteiger partial charge in [-0.3, -0.25) is 4.79 Å². The zero-order valence-electron chi connectivity index (χ0n) is 11.6. The van der Waals surface area contributed by atoms with Crippen LogP contribution in [0.3, 0.4) is 0 Å². The standard InChI is InChI=1S/C14H16N4O3/c1-9-3-2-4-12(16-9)21-10-5-6-18(8-10)13(19)11-7-15-14(20)17-11/h2-4,7,10H,5-6,8H2,1H3,(H2,15,17,20). The molecule has 0 bridgehead atoms. The fourth-order valence-electron chi connectivity index (χ4n) is 2.38. The summed E-state index contributed by atoms with van der Waals surface area (Å²) in [4.78, 5) is 34.1. The Bertz CT molecular complexity index is 706. The highest BCUT2D eigenvalue weighted by molar-refractivity contribution is 5.92. The molecule has 0 saturated carbocycles. The predicted octanol–water partition coefficient (Wildman–Crippen LogP) is 0.700. The van der Waals surface area contributed by atoms with Gasteiger partial charge in [0.1, 0.15) is 11.8 Å². The van der Waals surface area contributed by atoms with Gasteiger partial charge in [0, 0.05) is 30.9 Å². The van der Waals surface area contributed by atoms with Gasteiger partial charge in [-0.1, -0.05) is 6.07 Å². The van der Waals surface area contributed by atoms with E-state index >= 15 is 0 Å². The number of amides is 1. The number of pyridine rings is 1. The van der Waals surface area contributed by atoms with Gasteiger partial charge >= 0.3 is 5.69 Å². The van der Waals surface area contributed by atoms with Gasteiger partial charge in [-0.25, -0.2) is 9.78 Å². The molecule has 0 aromatic carbocycles. The summed E-state index contributed by atoms with van der Waals surface area (Å²) in [6.45, 7) is 2.99. The van der Waals surface area contributed by atoms with Crippen LogP contribution in [-0.2, 0) is 0 Å². The van der Waals surface area contributed by atoms with E-state index in [1.54, 1.807) is 11.0 Å². The maximum Gasteiger partial charge on any atom is 0.323 e. The van der Waals surface area contributed by atoms with Crippen molar-refractivity contribution in [1.29, 1.82) is 0 Å². The molecule has 1 amide bonds. The Hall–Kier alpha value is -2.57. The van der Waals surface area contributed by atoms with E-state index in [2.05, 4.69) is 15.0 Å². The molecule has 0 aliphatic carbocycles. The topological polar surface area (TPSA) is 91.1 Å². The molecular formula is C14H16N4O3. The third kappa shape index (κ3) is 2.96. The van der Waals surface area contributed by atoms with E-state index in [9.17, 15) is 9.59 Å². The summed E-state index contributed by atoms with van der Waals surface area (Å²) in [5.41, 5.74) is 0.784. The van der Waals surface area contributed by atoms with Gasteiger partial charge in [0.05, 0.1) is 6.54 Å². The van der Waals surface area contributed by atoms with Crippen molar-refractivity contribution in [1.82, 2.24) is 19.9 Å². The van der Waals surface area contributed by atoms with E-state index in [0.29, 0.717) is 19.0 Å². The number of carbonyl (C=O) groups is 1. The first-order valence-corrected chi connectivity index (χ1v) is 6.79. The van der Waals surface area contributed by atoms with E-state index in [4.69, 9.17) is 4.74 Å². The lowest BCUT2D eigenvalue weighted by atomic mass is 10.3. The van der Waals surface area contributed by atoms with E-state index in [1.165, 1.54) is 6.20 Å². The molecule has 1 atom stereocenters. The molecule has 2 aromatic heterocycles. The molecule has 1 saturated heterocycles. The molecular weight excluding hydrogens is 272 g/mol. The van der Waals surface area contributed by atoms with Gasteiger partial charge in [0.15, 0.2) is 0 Å². The summed E-state index contributed by atoms with van der Waals surface area (Å²) >= 11 is 0. The summed E-state index contributed by atoms with van der Waals surface area (Å²) in [5, 5.41) is 0. The van der Waals surface area contributed by atoms with Gasteiger partial charge in [-0.15, -0.1) is 0 Å². The van der Waals surface area contributed by atoms with Gasteiger partial charge in [0.2, 0.25) is 5.88 Å². The zero-order valence-corrected chi connectivity index (χ0v) is 11.6. The number of carbonyl (C=O) groups excluding carboxylic acids is 1. The number of hydrogen-bond acceptors (Lipinski definition) is 4. The first kappa shape index (κ1) is 13.4. The lowest BCUT2D eigenvalue weighted by Crippen LogP contribution is -2.31. The number of imidazole rings is 1. The van der Waals surface area contributed by atoms with E-state index in [1.807, 2.05) is 19.1 Å². The molecule has 0 spiro atoms. The largest absolute Gasteiger partial charge is 0.472 e. The summed E-state index contributed by atoms with van der Waals surface area (Å²) < 4.78 is 5.79. The van der Waals surface area contributed by atoms with Crippen LogP contribution in [0.25, 0.3) is 0 Å². The SMILES string of the molecule is Cc1cccc(OC2CCN(C(=O)c3c[nH]c(=O)[nH]3)C2)n1. The number of ether oxygens (including phenoxy) is 1. The number of aryl methyl sites for hydroxylation is 1. The van der Waals surface area contributed by atoms with Crippen molar-refractivity contribution in [3.8, 4) is 5.88 Å². The molecule has 3 heterocycles. The van der Waals surface area contributed by atoms with Gasteiger partial charge in [-0.2, -0.15) is 0 Å². The van der Waals surface area contributed by atoms with Crippen LogP contribution in [0, 0.1) is 6.92 Å². The number of aromatic amines is 2. The predicted molar refractivity (Wildman–Crippen MR) is 75.3 cm³/mol. The molecule has 7 nitrogen and oxygen atoms in total.